The van der Waals surface area contributed by atoms with Crippen molar-refractivity contribution in [2.75, 3.05) is 6.61 Å². The number of rotatable bonds is 1. The van der Waals surface area contributed by atoms with Crippen molar-refractivity contribution in [3.05, 3.63) is 11.5 Å². The smallest absolute Gasteiger partial charge is 0.226 e. The molecule has 1 aliphatic heterocycles. The van der Waals surface area contributed by atoms with Crippen molar-refractivity contribution in [2.45, 2.75) is 18.5 Å². The molecular formula is C6H10O6. The van der Waals surface area contributed by atoms with Crippen molar-refractivity contribution in [3.8, 4) is 0 Å². The highest BCUT2D eigenvalue weighted by atomic mass is 16.6. The number of hydrogen-bond acceptors (Lipinski definition) is 6. The van der Waals surface area contributed by atoms with Crippen molar-refractivity contribution in [2.24, 2.45) is 0 Å². The minimum atomic E-state index is -1.63. The quantitative estimate of drug-likeness (QED) is 0.312. The molecule has 1 heterocycles. The van der Waals surface area contributed by atoms with Crippen LogP contribution in [-0.2, 0) is 4.74 Å². The molecule has 0 amide bonds. The normalized spacial score (nSPS) is 36.5. The van der Waals surface area contributed by atoms with E-state index in [0.717, 1.165) is 0 Å². The first kappa shape index (κ1) is 9.27. The average molecular weight is 178 g/mol. The second-order valence-electron chi connectivity index (χ2n) is 2.41. The van der Waals surface area contributed by atoms with Crippen LogP contribution in [0.5, 0.6) is 0 Å². The molecule has 0 aromatic rings. The zero-order valence-corrected chi connectivity index (χ0v) is 6.08. The summed E-state index contributed by atoms with van der Waals surface area (Å²) in [5.74, 6) is -0.990. The first-order chi connectivity index (χ1) is 5.57. The maximum Gasteiger partial charge on any atom is 0.226 e. The molecule has 3 unspecified atom stereocenters. The topological polar surface area (TPSA) is 110 Å². The van der Waals surface area contributed by atoms with Crippen molar-refractivity contribution >= 4 is 0 Å². The minimum Gasteiger partial charge on any atom is -0.506 e. The van der Waals surface area contributed by atoms with Crippen LogP contribution < -0.4 is 0 Å². The van der Waals surface area contributed by atoms with E-state index in [2.05, 4.69) is 4.74 Å². The standard InChI is InChI=1S/C6H10O6/c7-1-2-3(8)4(9)5(10)6(11)12-2/h4-11H,1H2. The highest BCUT2D eigenvalue weighted by Crippen LogP contribution is 2.21. The molecule has 0 fully saturated rings. The van der Waals surface area contributed by atoms with E-state index in [0.29, 0.717) is 0 Å². The lowest BCUT2D eigenvalue weighted by Crippen LogP contribution is -2.44. The Balaban J connectivity index is 2.87. The molecule has 0 spiro atoms. The van der Waals surface area contributed by atoms with E-state index in [1.807, 2.05) is 0 Å². The Labute approximate surface area is 68.0 Å². The Morgan fingerprint density at radius 2 is 1.83 bits per heavy atom. The summed E-state index contributed by atoms with van der Waals surface area (Å²) in [4.78, 5) is 0. The van der Waals surface area contributed by atoms with Crippen LogP contribution in [0.25, 0.3) is 0 Å². The fourth-order valence-electron chi connectivity index (χ4n) is 0.877. The van der Waals surface area contributed by atoms with Crippen molar-refractivity contribution in [1.29, 1.82) is 0 Å². The summed E-state index contributed by atoms with van der Waals surface area (Å²) in [7, 11) is 0. The molecule has 3 atom stereocenters. The predicted octanol–water partition coefficient (Wildman–Crippen LogP) is -2.18. The zero-order chi connectivity index (χ0) is 9.30. The largest absolute Gasteiger partial charge is 0.506 e. The van der Waals surface area contributed by atoms with Gasteiger partial charge in [-0.2, -0.15) is 0 Å². The molecule has 1 rings (SSSR count). The monoisotopic (exact) mass is 178 g/mol. The average Bonchev–Trinajstić information content (AvgIpc) is 2.08. The lowest BCUT2D eigenvalue weighted by molar-refractivity contribution is -0.190. The maximum atomic E-state index is 9.01. The SMILES string of the molecule is OCC1=C(O)C(O)C(O)C(O)O1. The van der Waals surface area contributed by atoms with Gasteiger partial charge in [-0.1, -0.05) is 0 Å². The van der Waals surface area contributed by atoms with Crippen molar-refractivity contribution < 1.29 is 30.3 Å². The summed E-state index contributed by atoms with van der Waals surface area (Å²) in [5, 5.41) is 44.4. The van der Waals surface area contributed by atoms with Gasteiger partial charge in [-0.3, -0.25) is 0 Å². The van der Waals surface area contributed by atoms with Crippen molar-refractivity contribution in [3.63, 3.8) is 0 Å². The van der Waals surface area contributed by atoms with Crippen LogP contribution in [0.15, 0.2) is 11.5 Å². The zero-order valence-electron chi connectivity index (χ0n) is 6.08. The fraction of sp³-hybridized carbons (Fsp3) is 0.667. The Morgan fingerprint density at radius 3 is 2.33 bits per heavy atom. The molecule has 0 aromatic heterocycles. The van der Waals surface area contributed by atoms with Gasteiger partial charge in [-0.05, 0) is 0 Å². The summed E-state index contributed by atoms with van der Waals surface area (Å²) in [6.45, 7) is -0.646. The summed E-state index contributed by atoms with van der Waals surface area (Å²) in [6.07, 6.45) is -4.84. The van der Waals surface area contributed by atoms with Gasteiger partial charge in [-0.25, -0.2) is 0 Å². The van der Waals surface area contributed by atoms with Gasteiger partial charge in [0.1, 0.15) is 18.8 Å². The number of ether oxygens (including phenoxy) is 1. The molecule has 0 aromatic carbocycles. The van der Waals surface area contributed by atoms with Gasteiger partial charge in [0.2, 0.25) is 6.29 Å². The fourth-order valence-corrected chi connectivity index (χ4v) is 0.877. The van der Waals surface area contributed by atoms with E-state index in [1.165, 1.54) is 0 Å². The molecular weight excluding hydrogens is 168 g/mol. The highest BCUT2D eigenvalue weighted by Gasteiger charge is 2.36. The second-order valence-corrected chi connectivity index (χ2v) is 2.41. The predicted molar refractivity (Wildman–Crippen MR) is 35.8 cm³/mol. The number of aliphatic hydroxyl groups is 5. The molecule has 0 saturated carbocycles. The lowest BCUT2D eigenvalue weighted by atomic mass is 10.1. The molecule has 0 radical (unpaired) electrons. The highest BCUT2D eigenvalue weighted by molar-refractivity contribution is 5.11. The Hall–Kier alpha value is -0.820. The van der Waals surface area contributed by atoms with Crippen LogP contribution in [0.3, 0.4) is 0 Å². The number of hydrogen-bond donors (Lipinski definition) is 5. The summed E-state index contributed by atoms with van der Waals surface area (Å²) in [5.41, 5.74) is 0. The summed E-state index contributed by atoms with van der Waals surface area (Å²) >= 11 is 0. The van der Waals surface area contributed by atoms with Gasteiger partial charge < -0.3 is 30.3 Å². The third-order valence-electron chi connectivity index (χ3n) is 1.59. The Morgan fingerprint density at radius 1 is 1.25 bits per heavy atom. The third kappa shape index (κ3) is 1.37. The first-order valence-electron chi connectivity index (χ1n) is 3.31. The molecule has 5 N–H and O–H groups in total. The van der Waals surface area contributed by atoms with Crippen LogP contribution >= 0.6 is 0 Å². The molecule has 12 heavy (non-hydrogen) atoms. The van der Waals surface area contributed by atoms with E-state index in [-0.39, 0.29) is 5.76 Å². The second kappa shape index (κ2) is 3.28. The maximum absolute atomic E-state index is 9.01. The molecule has 6 nitrogen and oxygen atoms in total. The summed E-state index contributed by atoms with van der Waals surface area (Å²) < 4.78 is 4.46. The summed E-state index contributed by atoms with van der Waals surface area (Å²) in [6, 6.07) is 0. The van der Waals surface area contributed by atoms with E-state index < -0.39 is 30.9 Å². The Bertz CT molecular complexity index is 200. The van der Waals surface area contributed by atoms with E-state index in [1.54, 1.807) is 0 Å². The van der Waals surface area contributed by atoms with Crippen LogP contribution in [0.1, 0.15) is 0 Å². The number of aliphatic hydroxyl groups excluding tert-OH is 5. The molecule has 70 valence electrons. The first-order valence-corrected chi connectivity index (χ1v) is 3.31. The molecule has 0 bridgehead atoms. The minimum absolute atomic E-state index is 0.333. The molecule has 1 aliphatic rings. The van der Waals surface area contributed by atoms with Crippen LogP contribution in [0.4, 0.5) is 0 Å². The van der Waals surface area contributed by atoms with Gasteiger partial charge in [0.15, 0.2) is 11.5 Å². The van der Waals surface area contributed by atoms with Gasteiger partial charge in [0.05, 0.1) is 0 Å². The third-order valence-corrected chi connectivity index (χ3v) is 1.59. The van der Waals surface area contributed by atoms with Crippen LogP contribution in [0, 0.1) is 0 Å². The van der Waals surface area contributed by atoms with E-state index in [4.69, 9.17) is 25.5 Å². The van der Waals surface area contributed by atoms with E-state index in [9.17, 15) is 0 Å². The van der Waals surface area contributed by atoms with Gasteiger partial charge in [0, 0.05) is 0 Å². The van der Waals surface area contributed by atoms with Gasteiger partial charge >= 0.3 is 0 Å². The van der Waals surface area contributed by atoms with Gasteiger partial charge in [-0.15, -0.1) is 0 Å². The van der Waals surface area contributed by atoms with Crippen LogP contribution in [-0.4, -0.2) is 50.6 Å². The Kier molecular flexibility index (Phi) is 2.53. The van der Waals surface area contributed by atoms with Crippen LogP contribution in [0.2, 0.25) is 0 Å². The van der Waals surface area contributed by atoms with Crippen molar-refractivity contribution in [1.82, 2.24) is 0 Å². The molecule has 6 heteroatoms. The molecule has 0 saturated heterocycles. The lowest BCUT2D eigenvalue weighted by Gasteiger charge is -2.29. The van der Waals surface area contributed by atoms with Gasteiger partial charge in [0.25, 0.3) is 0 Å². The van der Waals surface area contributed by atoms with E-state index >= 15 is 0 Å². The molecule has 0 aliphatic carbocycles.